The van der Waals surface area contributed by atoms with Crippen molar-refractivity contribution in [2.45, 2.75) is 27.5 Å². The van der Waals surface area contributed by atoms with Crippen molar-refractivity contribution in [3.8, 4) is 0 Å². The maximum Gasteiger partial charge on any atom is 0.126 e. The van der Waals surface area contributed by atoms with Gasteiger partial charge < -0.3 is 0 Å². The molecule has 0 saturated heterocycles. The van der Waals surface area contributed by atoms with Crippen LogP contribution in [0.2, 0.25) is 10.0 Å². The number of aryl methyl sites for hydroxylation is 1. The molecule has 2 aromatic carbocycles. The van der Waals surface area contributed by atoms with Crippen LogP contribution in [-0.2, 0) is 16.6 Å². The van der Waals surface area contributed by atoms with Crippen molar-refractivity contribution in [3.63, 3.8) is 0 Å². The molecule has 0 aliphatic rings. The Morgan fingerprint density at radius 1 is 0.960 bits per heavy atom. The summed E-state index contributed by atoms with van der Waals surface area (Å²) >= 11 is 13.3. The summed E-state index contributed by atoms with van der Waals surface area (Å²) in [5.74, 6) is 0.987. The summed E-state index contributed by atoms with van der Waals surface area (Å²) in [5.41, 5.74) is 0.747. The topological polar surface area (TPSA) is 42.9 Å². The molecular formula is C18H14Cl2N2OS2. The molecule has 3 rings (SSSR count). The van der Waals surface area contributed by atoms with E-state index in [2.05, 4.69) is 9.97 Å². The zero-order valence-electron chi connectivity index (χ0n) is 13.3. The Hall–Kier alpha value is -1.40. The molecule has 7 heteroatoms. The van der Waals surface area contributed by atoms with Crippen molar-refractivity contribution in [1.82, 2.24) is 9.97 Å². The van der Waals surface area contributed by atoms with Crippen molar-refractivity contribution in [1.29, 1.82) is 0 Å². The average molecular weight is 409 g/mol. The van der Waals surface area contributed by atoms with Gasteiger partial charge in [-0.1, -0.05) is 35.0 Å². The first kappa shape index (κ1) is 18.4. The minimum Gasteiger partial charge on any atom is -0.254 e. The Morgan fingerprint density at radius 3 is 2.20 bits per heavy atom. The van der Waals surface area contributed by atoms with E-state index in [9.17, 15) is 4.21 Å². The predicted octanol–water partition coefficient (Wildman–Crippen LogP) is 5.55. The standard InChI is InChI=1S/C18H14Cl2N2OS2/c1-12-21-15(11-25(23)17-8-4-14(20)5-9-17)10-18(22-12)24-16-6-2-13(19)3-7-16/h2-10H,11H2,1H3. The van der Waals surface area contributed by atoms with Gasteiger partial charge in [0.1, 0.15) is 10.9 Å². The fourth-order valence-electron chi connectivity index (χ4n) is 2.15. The minimum absolute atomic E-state index is 0.333. The van der Waals surface area contributed by atoms with Crippen LogP contribution < -0.4 is 0 Å². The molecular weight excluding hydrogens is 395 g/mol. The van der Waals surface area contributed by atoms with Gasteiger partial charge in [0.2, 0.25) is 0 Å². The number of hydrogen-bond donors (Lipinski definition) is 0. The summed E-state index contributed by atoms with van der Waals surface area (Å²) in [5, 5.41) is 2.14. The van der Waals surface area contributed by atoms with Crippen LogP contribution >= 0.6 is 35.0 Å². The predicted molar refractivity (Wildman–Crippen MR) is 104 cm³/mol. The molecule has 1 atom stereocenters. The van der Waals surface area contributed by atoms with Gasteiger partial charge in [-0.15, -0.1) is 0 Å². The van der Waals surface area contributed by atoms with Gasteiger partial charge in [-0.25, -0.2) is 9.97 Å². The second-order valence-corrected chi connectivity index (χ2v) is 8.66. The Balaban J connectivity index is 1.77. The molecule has 3 aromatic rings. The first-order valence-corrected chi connectivity index (χ1v) is 10.3. The van der Waals surface area contributed by atoms with Crippen molar-refractivity contribution in [2.75, 3.05) is 0 Å². The zero-order valence-corrected chi connectivity index (χ0v) is 16.4. The van der Waals surface area contributed by atoms with Crippen LogP contribution in [0.3, 0.4) is 0 Å². The van der Waals surface area contributed by atoms with Crippen LogP contribution in [-0.4, -0.2) is 14.2 Å². The Bertz CT molecular complexity index is 900. The lowest BCUT2D eigenvalue weighted by Crippen LogP contribution is -2.02. The molecule has 0 aliphatic carbocycles. The molecule has 0 fully saturated rings. The van der Waals surface area contributed by atoms with Crippen LogP contribution in [0.4, 0.5) is 0 Å². The zero-order chi connectivity index (χ0) is 17.8. The Kier molecular flexibility index (Phi) is 6.12. The summed E-state index contributed by atoms with van der Waals surface area (Å²) in [4.78, 5) is 10.6. The van der Waals surface area contributed by atoms with Crippen LogP contribution in [0.15, 0.2) is 69.4 Å². The molecule has 0 spiro atoms. The molecule has 0 radical (unpaired) electrons. The maximum absolute atomic E-state index is 12.5. The van der Waals surface area contributed by atoms with E-state index in [0.29, 0.717) is 21.6 Å². The van der Waals surface area contributed by atoms with Gasteiger partial charge in [-0.05, 0) is 61.5 Å². The highest BCUT2D eigenvalue weighted by Gasteiger charge is 2.10. The largest absolute Gasteiger partial charge is 0.254 e. The third kappa shape index (κ3) is 5.28. The van der Waals surface area contributed by atoms with Crippen LogP contribution in [0, 0.1) is 6.92 Å². The van der Waals surface area contributed by atoms with E-state index in [1.165, 1.54) is 11.8 Å². The van der Waals surface area contributed by atoms with E-state index in [1.807, 2.05) is 37.3 Å². The number of benzene rings is 2. The molecule has 0 bridgehead atoms. The highest BCUT2D eigenvalue weighted by atomic mass is 35.5. The summed E-state index contributed by atoms with van der Waals surface area (Å²) in [6, 6.07) is 16.5. The molecule has 0 saturated carbocycles. The van der Waals surface area contributed by atoms with Gasteiger partial charge in [0, 0.05) is 19.8 Å². The quantitative estimate of drug-likeness (QED) is 0.518. The van der Waals surface area contributed by atoms with E-state index < -0.39 is 10.8 Å². The Morgan fingerprint density at radius 2 is 1.56 bits per heavy atom. The SMILES string of the molecule is Cc1nc(CS(=O)c2ccc(Cl)cc2)cc(Sc2ccc(Cl)cc2)n1. The molecule has 0 aliphatic heterocycles. The summed E-state index contributed by atoms with van der Waals surface area (Å²) < 4.78 is 12.5. The second-order valence-electron chi connectivity index (χ2n) is 5.24. The monoisotopic (exact) mass is 408 g/mol. The van der Waals surface area contributed by atoms with Crippen molar-refractivity contribution in [2.24, 2.45) is 0 Å². The first-order valence-electron chi connectivity index (χ1n) is 7.41. The van der Waals surface area contributed by atoms with Gasteiger partial charge in [0.05, 0.1) is 22.2 Å². The normalized spacial score (nSPS) is 12.1. The van der Waals surface area contributed by atoms with E-state index in [-0.39, 0.29) is 0 Å². The maximum atomic E-state index is 12.5. The van der Waals surface area contributed by atoms with Gasteiger partial charge in [0.15, 0.2) is 0 Å². The molecule has 3 nitrogen and oxygen atoms in total. The summed E-state index contributed by atoms with van der Waals surface area (Å²) in [6.07, 6.45) is 0. The summed E-state index contributed by atoms with van der Waals surface area (Å²) in [6.45, 7) is 1.83. The molecule has 0 N–H and O–H groups in total. The lowest BCUT2D eigenvalue weighted by Gasteiger charge is -2.07. The molecule has 1 heterocycles. The van der Waals surface area contributed by atoms with E-state index in [0.717, 1.165) is 20.5 Å². The third-order valence-electron chi connectivity index (χ3n) is 3.26. The van der Waals surface area contributed by atoms with Crippen LogP contribution in [0.25, 0.3) is 0 Å². The number of hydrogen-bond acceptors (Lipinski definition) is 4. The second kappa shape index (κ2) is 8.32. The van der Waals surface area contributed by atoms with Gasteiger partial charge >= 0.3 is 0 Å². The van der Waals surface area contributed by atoms with Crippen molar-refractivity contribution in [3.05, 3.63) is 76.2 Å². The third-order valence-corrected chi connectivity index (χ3v) is 6.05. The summed E-state index contributed by atoms with van der Waals surface area (Å²) in [7, 11) is -1.18. The smallest absolute Gasteiger partial charge is 0.126 e. The molecule has 25 heavy (non-hydrogen) atoms. The number of halogens is 2. The van der Waals surface area contributed by atoms with E-state index in [1.54, 1.807) is 24.3 Å². The van der Waals surface area contributed by atoms with Crippen molar-refractivity contribution < 1.29 is 4.21 Å². The highest BCUT2D eigenvalue weighted by molar-refractivity contribution is 7.99. The molecule has 1 unspecified atom stereocenters. The van der Waals surface area contributed by atoms with Crippen LogP contribution in [0.5, 0.6) is 0 Å². The molecule has 1 aromatic heterocycles. The lowest BCUT2D eigenvalue weighted by molar-refractivity contribution is 0.681. The van der Waals surface area contributed by atoms with Crippen molar-refractivity contribution >= 4 is 45.8 Å². The molecule has 0 amide bonds. The average Bonchev–Trinajstić information content (AvgIpc) is 2.57. The lowest BCUT2D eigenvalue weighted by atomic mass is 10.4. The molecule has 128 valence electrons. The van der Waals surface area contributed by atoms with E-state index in [4.69, 9.17) is 23.2 Å². The minimum atomic E-state index is -1.18. The Labute approximate surface area is 163 Å². The number of aromatic nitrogens is 2. The fraction of sp³-hybridized carbons (Fsp3) is 0.111. The first-order chi connectivity index (χ1) is 12.0. The fourth-order valence-corrected chi connectivity index (χ4v) is 4.31. The van der Waals surface area contributed by atoms with E-state index >= 15 is 0 Å². The van der Waals surface area contributed by atoms with Gasteiger partial charge in [0.25, 0.3) is 0 Å². The highest BCUT2D eigenvalue weighted by Crippen LogP contribution is 2.28. The van der Waals surface area contributed by atoms with Gasteiger partial charge in [-0.3, -0.25) is 4.21 Å². The van der Waals surface area contributed by atoms with Crippen LogP contribution in [0.1, 0.15) is 11.5 Å². The van der Waals surface area contributed by atoms with Gasteiger partial charge in [-0.2, -0.15) is 0 Å². The number of nitrogens with zero attached hydrogens (tertiary/aromatic N) is 2. The number of rotatable bonds is 5.